The molecule has 12 heavy (non-hydrogen) atoms. The van der Waals surface area contributed by atoms with E-state index in [1.54, 1.807) is 0 Å². The molecule has 0 unspecified atom stereocenters. The molecule has 0 aliphatic heterocycles. The molecule has 0 atom stereocenters. The van der Waals surface area contributed by atoms with Crippen LogP contribution in [-0.4, -0.2) is 10.2 Å². The van der Waals surface area contributed by atoms with Gasteiger partial charge in [-0.15, -0.1) is 0 Å². The van der Waals surface area contributed by atoms with Crippen LogP contribution in [0.4, 0.5) is 0 Å². The molecule has 4 heteroatoms. The maximum atomic E-state index is 9.54. The van der Waals surface area contributed by atoms with Gasteiger partial charge in [0.05, 0.1) is 0 Å². The number of benzene rings is 1. The monoisotopic (exact) mass is 294 g/mol. The summed E-state index contributed by atoms with van der Waals surface area (Å²) in [5.74, 6) is 0.415. The Kier molecular flexibility index (Phi) is 3.40. The van der Waals surface area contributed by atoms with Crippen LogP contribution in [0.1, 0.15) is 11.1 Å². The van der Waals surface area contributed by atoms with Crippen LogP contribution < -0.4 is 0 Å². The summed E-state index contributed by atoms with van der Waals surface area (Å²) in [6.45, 7) is 0. The fourth-order valence-corrected chi connectivity index (χ4v) is 1.80. The maximum Gasteiger partial charge on any atom is 0.123 e. The molecule has 0 fully saturated rings. The molecule has 0 saturated carbocycles. The van der Waals surface area contributed by atoms with E-state index in [-0.39, 0.29) is 11.5 Å². The summed E-state index contributed by atoms with van der Waals surface area (Å²) in [6, 6.07) is 3.08. The maximum absolute atomic E-state index is 9.54. The van der Waals surface area contributed by atoms with Gasteiger partial charge < -0.3 is 10.2 Å². The lowest BCUT2D eigenvalue weighted by Crippen LogP contribution is -1.85. The van der Waals surface area contributed by atoms with E-state index in [9.17, 15) is 10.2 Å². The van der Waals surface area contributed by atoms with Crippen molar-refractivity contribution in [3.63, 3.8) is 0 Å². The summed E-state index contributed by atoms with van der Waals surface area (Å²) in [5.41, 5.74) is 1.40. The summed E-state index contributed by atoms with van der Waals surface area (Å²) in [7, 11) is 0. The van der Waals surface area contributed by atoms with Crippen molar-refractivity contribution >= 4 is 31.9 Å². The van der Waals surface area contributed by atoms with Crippen LogP contribution in [0.25, 0.3) is 0 Å². The van der Waals surface area contributed by atoms with Gasteiger partial charge in [-0.05, 0) is 12.1 Å². The van der Waals surface area contributed by atoms with E-state index in [1.807, 2.05) is 0 Å². The van der Waals surface area contributed by atoms with Crippen molar-refractivity contribution in [2.45, 2.75) is 10.7 Å². The molecule has 0 aliphatic rings. The first-order valence-corrected chi connectivity index (χ1v) is 5.59. The van der Waals surface area contributed by atoms with Crippen LogP contribution in [0, 0.1) is 0 Å². The average molecular weight is 296 g/mol. The van der Waals surface area contributed by atoms with E-state index in [4.69, 9.17) is 0 Å². The molecule has 0 bridgehead atoms. The molecule has 0 radical (unpaired) electrons. The number of hydrogen-bond acceptors (Lipinski definition) is 2. The Morgan fingerprint density at radius 1 is 1.00 bits per heavy atom. The van der Waals surface area contributed by atoms with E-state index in [0.717, 1.165) is 0 Å². The van der Waals surface area contributed by atoms with Crippen LogP contribution in [0.5, 0.6) is 11.5 Å². The predicted molar refractivity (Wildman–Crippen MR) is 55.0 cm³/mol. The Labute approximate surface area is 87.5 Å². The summed E-state index contributed by atoms with van der Waals surface area (Å²) in [6.07, 6.45) is 0. The topological polar surface area (TPSA) is 40.5 Å². The van der Waals surface area contributed by atoms with Gasteiger partial charge in [0.15, 0.2) is 0 Å². The van der Waals surface area contributed by atoms with Gasteiger partial charge in [0, 0.05) is 21.8 Å². The first-order valence-electron chi connectivity index (χ1n) is 3.34. The minimum absolute atomic E-state index is 0.178. The van der Waals surface area contributed by atoms with Gasteiger partial charge in [0.2, 0.25) is 0 Å². The van der Waals surface area contributed by atoms with Crippen molar-refractivity contribution < 1.29 is 10.2 Å². The summed E-state index contributed by atoms with van der Waals surface area (Å²) in [4.78, 5) is 0. The van der Waals surface area contributed by atoms with Crippen LogP contribution in [0.15, 0.2) is 12.1 Å². The van der Waals surface area contributed by atoms with Crippen molar-refractivity contribution in [1.29, 1.82) is 0 Å². The standard InChI is InChI=1S/C8H8Br2O2/c9-3-5-1-7(11)2-6(4-10)8(5)12/h1-2,11-12H,3-4H2. The minimum Gasteiger partial charge on any atom is -0.508 e. The fourth-order valence-electron chi connectivity index (χ4n) is 0.945. The highest BCUT2D eigenvalue weighted by Crippen LogP contribution is 2.30. The highest BCUT2D eigenvalue weighted by Gasteiger charge is 2.07. The third-order valence-electron chi connectivity index (χ3n) is 1.54. The number of rotatable bonds is 2. The third-order valence-corrected chi connectivity index (χ3v) is 2.75. The Morgan fingerprint density at radius 2 is 1.42 bits per heavy atom. The minimum atomic E-state index is 0.178. The summed E-state index contributed by atoms with van der Waals surface area (Å²) in [5, 5.41) is 19.8. The van der Waals surface area contributed by atoms with Gasteiger partial charge >= 0.3 is 0 Å². The fraction of sp³-hybridized carbons (Fsp3) is 0.250. The Bertz CT molecular complexity index is 261. The largest absolute Gasteiger partial charge is 0.508 e. The van der Waals surface area contributed by atoms with Crippen molar-refractivity contribution in [2.75, 3.05) is 0 Å². The number of halogens is 2. The quantitative estimate of drug-likeness (QED) is 0.651. The zero-order valence-electron chi connectivity index (χ0n) is 6.22. The Morgan fingerprint density at radius 3 is 1.75 bits per heavy atom. The molecular weight excluding hydrogens is 288 g/mol. The Balaban J connectivity index is 3.22. The van der Waals surface area contributed by atoms with Gasteiger partial charge in [-0.1, -0.05) is 31.9 Å². The number of alkyl halides is 2. The van der Waals surface area contributed by atoms with Crippen LogP contribution >= 0.6 is 31.9 Å². The van der Waals surface area contributed by atoms with Crippen molar-refractivity contribution in [2.24, 2.45) is 0 Å². The number of aromatic hydroxyl groups is 2. The first kappa shape index (κ1) is 9.86. The summed E-state index contributed by atoms with van der Waals surface area (Å²) >= 11 is 6.44. The van der Waals surface area contributed by atoms with Crippen molar-refractivity contribution in [3.8, 4) is 11.5 Å². The average Bonchev–Trinajstić information content (AvgIpc) is 2.08. The van der Waals surface area contributed by atoms with Gasteiger partial charge in [-0.2, -0.15) is 0 Å². The van der Waals surface area contributed by atoms with Gasteiger partial charge in [-0.3, -0.25) is 0 Å². The van der Waals surface area contributed by atoms with E-state index in [0.29, 0.717) is 21.8 Å². The molecule has 2 nitrogen and oxygen atoms in total. The molecule has 66 valence electrons. The molecule has 1 aromatic rings. The zero-order valence-corrected chi connectivity index (χ0v) is 9.39. The molecule has 0 spiro atoms. The van der Waals surface area contributed by atoms with Crippen LogP contribution in [0.3, 0.4) is 0 Å². The van der Waals surface area contributed by atoms with E-state index in [2.05, 4.69) is 31.9 Å². The summed E-state index contributed by atoms with van der Waals surface area (Å²) < 4.78 is 0. The molecule has 0 amide bonds. The highest BCUT2D eigenvalue weighted by molar-refractivity contribution is 9.08. The van der Waals surface area contributed by atoms with E-state index < -0.39 is 0 Å². The van der Waals surface area contributed by atoms with Crippen LogP contribution in [-0.2, 0) is 10.7 Å². The predicted octanol–water partition coefficient (Wildman–Crippen LogP) is 2.89. The second-order valence-electron chi connectivity index (χ2n) is 2.38. The molecule has 1 aromatic carbocycles. The number of phenolic OH excluding ortho intramolecular Hbond substituents is 2. The molecular formula is C8H8Br2O2. The molecule has 0 aromatic heterocycles. The smallest absolute Gasteiger partial charge is 0.123 e. The first-order chi connectivity index (χ1) is 5.69. The van der Waals surface area contributed by atoms with Gasteiger partial charge in [-0.25, -0.2) is 0 Å². The molecule has 2 N–H and O–H groups in total. The Hall–Kier alpha value is -0.220. The number of phenols is 2. The second kappa shape index (κ2) is 4.14. The zero-order chi connectivity index (χ0) is 9.14. The van der Waals surface area contributed by atoms with Crippen LogP contribution in [0.2, 0.25) is 0 Å². The van der Waals surface area contributed by atoms with Crippen molar-refractivity contribution in [1.82, 2.24) is 0 Å². The lowest BCUT2D eigenvalue weighted by atomic mass is 10.1. The van der Waals surface area contributed by atoms with Gasteiger partial charge in [0.25, 0.3) is 0 Å². The van der Waals surface area contributed by atoms with Crippen molar-refractivity contribution in [3.05, 3.63) is 23.3 Å². The second-order valence-corrected chi connectivity index (χ2v) is 3.50. The normalized spacial score (nSPS) is 10.2. The molecule has 0 aliphatic carbocycles. The molecule has 0 heterocycles. The highest BCUT2D eigenvalue weighted by atomic mass is 79.9. The van der Waals surface area contributed by atoms with Gasteiger partial charge in [0.1, 0.15) is 11.5 Å². The lowest BCUT2D eigenvalue weighted by Gasteiger charge is -2.06. The molecule has 0 saturated heterocycles. The van der Waals surface area contributed by atoms with E-state index in [1.165, 1.54) is 12.1 Å². The lowest BCUT2D eigenvalue weighted by molar-refractivity contribution is 0.452. The SMILES string of the molecule is Oc1cc(CBr)c(O)c(CBr)c1. The third kappa shape index (κ3) is 1.93. The van der Waals surface area contributed by atoms with E-state index >= 15 is 0 Å². The molecule has 1 rings (SSSR count). The number of hydrogen-bond donors (Lipinski definition) is 2.